The van der Waals surface area contributed by atoms with E-state index in [1.807, 2.05) is 35.0 Å². The standard InChI is InChI=1S/C23H24N2OS/c1-17(2)13-15-27-18(3)25-22-16-19(8-7-14-26)11-12-21(22)23(24-25)20-9-5-4-6-10-20/h4-13,15-17,26H,3,14H2,1-2H3/b8-7+,15-13+. The lowest BCUT2D eigenvalue weighted by atomic mass is 10.1. The molecule has 0 radical (unpaired) electrons. The highest BCUT2D eigenvalue weighted by Gasteiger charge is 2.14. The molecule has 4 heteroatoms. The molecular formula is C23H24N2OS. The molecule has 1 heterocycles. The molecule has 0 aliphatic rings. The van der Waals surface area contributed by atoms with Crippen LogP contribution in [-0.2, 0) is 0 Å². The minimum atomic E-state index is 0.0229. The van der Waals surface area contributed by atoms with E-state index < -0.39 is 0 Å². The monoisotopic (exact) mass is 376 g/mol. The van der Waals surface area contributed by atoms with Crippen molar-refractivity contribution >= 4 is 33.8 Å². The lowest BCUT2D eigenvalue weighted by Gasteiger charge is -2.05. The van der Waals surface area contributed by atoms with Gasteiger partial charge in [0.05, 0.1) is 17.2 Å². The van der Waals surface area contributed by atoms with Gasteiger partial charge in [-0.3, -0.25) is 0 Å². The first-order valence-electron chi connectivity index (χ1n) is 8.98. The Morgan fingerprint density at radius 2 is 2.00 bits per heavy atom. The minimum absolute atomic E-state index is 0.0229. The Labute approximate surface area is 164 Å². The summed E-state index contributed by atoms with van der Waals surface area (Å²) < 4.78 is 1.91. The second-order valence-electron chi connectivity index (χ2n) is 6.57. The fourth-order valence-electron chi connectivity index (χ4n) is 2.75. The van der Waals surface area contributed by atoms with Crippen LogP contribution in [0, 0.1) is 5.92 Å². The molecular weight excluding hydrogens is 352 g/mol. The summed E-state index contributed by atoms with van der Waals surface area (Å²) in [7, 11) is 0. The molecule has 2 aromatic carbocycles. The lowest BCUT2D eigenvalue weighted by Crippen LogP contribution is -1.95. The molecule has 0 atom stereocenters. The number of hydrogen-bond donors (Lipinski definition) is 1. The number of rotatable bonds is 7. The number of aliphatic hydroxyl groups excluding tert-OH is 1. The highest BCUT2D eigenvalue weighted by molar-refractivity contribution is 8.10. The van der Waals surface area contributed by atoms with Crippen LogP contribution in [0.5, 0.6) is 0 Å². The average molecular weight is 377 g/mol. The van der Waals surface area contributed by atoms with Crippen LogP contribution in [0.25, 0.3) is 33.3 Å². The van der Waals surface area contributed by atoms with Crippen molar-refractivity contribution in [2.24, 2.45) is 5.92 Å². The van der Waals surface area contributed by atoms with Crippen LogP contribution in [0.2, 0.25) is 0 Å². The molecule has 1 N–H and O–H groups in total. The highest BCUT2D eigenvalue weighted by Crippen LogP contribution is 2.33. The maximum Gasteiger partial charge on any atom is 0.101 e. The minimum Gasteiger partial charge on any atom is -0.392 e. The topological polar surface area (TPSA) is 38.0 Å². The van der Waals surface area contributed by atoms with Gasteiger partial charge >= 0.3 is 0 Å². The van der Waals surface area contributed by atoms with Gasteiger partial charge in [-0.1, -0.05) is 86.8 Å². The van der Waals surface area contributed by atoms with Gasteiger partial charge in [-0.25, -0.2) is 4.68 Å². The summed E-state index contributed by atoms with van der Waals surface area (Å²) >= 11 is 1.57. The third-order valence-electron chi connectivity index (χ3n) is 4.07. The molecule has 0 saturated carbocycles. The molecule has 27 heavy (non-hydrogen) atoms. The van der Waals surface area contributed by atoms with E-state index in [0.29, 0.717) is 5.92 Å². The summed E-state index contributed by atoms with van der Waals surface area (Å²) in [5.74, 6) is 0.495. The fourth-order valence-corrected chi connectivity index (χ4v) is 3.54. The first-order valence-corrected chi connectivity index (χ1v) is 9.86. The first kappa shape index (κ1) is 19.2. The van der Waals surface area contributed by atoms with Crippen molar-refractivity contribution in [2.75, 3.05) is 6.61 Å². The van der Waals surface area contributed by atoms with Gasteiger partial charge < -0.3 is 5.11 Å². The Hall–Kier alpha value is -2.56. The van der Waals surface area contributed by atoms with Gasteiger partial charge in [0, 0.05) is 10.9 Å². The number of benzene rings is 2. The van der Waals surface area contributed by atoms with Gasteiger partial charge in [-0.2, -0.15) is 5.10 Å². The molecule has 0 fully saturated rings. The van der Waals surface area contributed by atoms with Crippen molar-refractivity contribution in [3.05, 3.63) is 78.2 Å². The van der Waals surface area contributed by atoms with E-state index in [9.17, 15) is 0 Å². The Kier molecular flexibility index (Phi) is 6.32. The van der Waals surface area contributed by atoms with Crippen LogP contribution < -0.4 is 0 Å². The second kappa shape index (κ2) is 8.89. The molecule has 0 saturated heterocycles. The fraction of sp³-hybridized carbons (Fsp3) is 0.174. The number of nitrogens with zero attached hydrogens (tertiary/aromatic N) is 2. The number of fused-ring (bicyclic) bond motifs is 1. The Bertz CT molecular complexity index is 984. The molecule has 1 aromatic heterocycles. The number of aliphatic hydroxyl groups is 1. The van der Waals surface area contributed by atoms with Crippen LogP contribution >= 0.6 is 11.8 Å². The predicted octanol–water partition coefficient (Wildman–Crippen LogP) is 6.04. The van der Waals surface area contributed by atoms with Crippen molar-refractivity contribution in [1.82, 2.24) is 9.78 Å². The quantitative estimate of drug-likeness (QED) is 0.546. The molecule has 0 bridgehead atoms. The molecule has 3 rings (SSSR count). The van der Waals surface area contributed by atoms with E-state index in [1.165, 1.54) is 0 Å². The van der Waals surface area contributed by atoms with Crippen LogP contribution in [0.4, 0.5) is 0 Å². The Balaban J connectivity index is 2.09. The van der Waals surface area contributed by atoms with Crippen LogP contribution in [0.1, 0.15) is 19.4 Å². The van der Waals surface area contributed by atoms with Gasteiger partial charge in [0.25, 0.3) is 0 Å². The largest absolute Gasteiger partial charge is 0.392 e. The summed E-state index contributed by atoms with van der Waals surface area (Å²) in [6, 6.07) is 16.4. The normalized spacial score (nSPS) is 12.0. The van der Waals surface area contributed by atoms with Gasteiger partial charge in [0.2, 0.25) is 0 Å². The molecule has 0 spiro atoms. The smallest absolute Gasteiger partial charge is 0.101 e. The molecule has 0 amide bonds. The Morgan fingerprint density at radius 3 is 2.70 bits per heavy atom. The van der Waals surface area contributed by atoms with E-state index >= 15 is 0 Å². The number of hydrogen-bond acceptors (Lipinski definition) is 3. The molecule has 0 aliphatic carbocycles. The van der Waals surface area contributed by atoms with Gasteiger partial charge in [0.15, 0.2) is 0 Å². The SMILES string of the molecule is C=C(S/C=C/C(C)C)n1nc(-c2ccccc2)c2ccc(/C=C/CO)cc21. The molecule has 0 unspecified atom stereocenters. The number of thioether (sulfide) groups is 1. The maximum absolute atomic E-state index is 9.05. The van der Waals surface area contributed by atoms with Crippen LogP contribution in [-0.4, -0.2) is 21.5 Å². The van der Waals surface area contributed by atoms with Gasteiger partial charge in [-0.15, -0.1) is 0 Å². The molecule has 138 valence electrons. The zero-order chi connectivity index (χ0) is 19.2. The summed E-state index contributed by atoms with van der Waals surface area (Å²) in [5, 5.41) is 17.9. The van der Waals surface area contributed by atoms with Crippen molar-refractivity contribution in [3.8, 4) is 11.3 Å². The Morgan fingerprint density at radius 1 is 1.22 bits per heavy atom. The third-order valence-corrected chi connectivity index (χ3v) is 4.81. The van der Waals surface area contributed by atoms with E-state index in [-0.39, 0.29) is 6.61 Å². The molecule has 0 aliphatic heterocycles. The number of allylic oxidation sites excluding steroid dienone is 1. The lowest BCUT2D eigenvalue weighted by molar-refractivity contribution is 0.343. The van der Waals surface area contributed by atoms with E-state index in [4.69, 9.17) is 10.2 Å². The number of aromatic nitrogens is 2. The maximum atomic E-state index is 9.05. The van der Waals surface area contributed by atoms with E-state index in [2.05, 4.69) is 56.2 Å². The van der Waals surface area contributed by atoms with Crippen molar-refractivity contribution in [1.29, 1.82) is 0 Å². The zero-order valence-electron chi connectivity index (χ0n) is 15.7. The van der Waals surface area contributed by atoms with Crippen molar-refractivity contribution < 1.29 is 5.11 Å². The summed E-state index contributed by atoms with van der Waals surface area (Å²) in [5.41, 5.74) is 4.05. The van der Waals surface area contributed by atoms with Crippen LogP contribution in [0.15, 0.2) is 72.7 Å². The summed E-state index contributed by atoms with van der Waals surface area (Å²) in [4.78, 5) is 0. The first-order chi connectivity index (χ1) is 13.1. The summed E-state index contributed by atoms with van der Waals surface area (Å²) in [6.45, 7) is 8.55. The highest BCUT2D eigenvalue weighted by atomic mass is 32.2. The van der Waals surface area contributed by atoms with E-state index in [1.54, 1.807) is 17.8 Å². The third kappa shape index (κ3) is 4.59. The predicted molar refractivity (Wildman–Crippen MR) is 118 cm³/mol. The van der Waals surface area contributed by atoms with E-state index in [0.717, 1.165) is 32.8 Å². The van der Waals surface area contributed by atoms with Gasteiger partial charge in [0.1, 0.15) is 5.69 Å². The summed E-state index contributed by atoms with van der Waals surface area (Å²) in [6.07, 6.45) is 5.79. The average Bonchev–Trinajstić information content (AvgIpc) is 3.05. The zero-order valence-corrected chi connectivity index (χ0v) is 16.5. The second-order valence-corrected chi connectivity index (χ2v) is 7.55. The van der Waals surface area contributed by atoms with Crippen molar-refractivity contribution in [2.45, 2.75) is 13.8 Å². The van der Waals surface area contributed by atoms with Crippen molar-refractivity contribution in [3.63, 3.8) is 0 Å². The van der Waals surface area contributed by atoms with Gasteiger partial charge in [-0.05, 0) is 29.0 Å². The molecule has 3 nitrogen and oxygen atoms in total. The molecule has 3 aromatic rings. The van der Waals surface area contributed by atoms with Crippen LogP contribution in [0.3, 0.4) is 0 Å².